The van der Waals surface area contributed by atoms with Crippen LogP contribution in [0, 0.1) is 0 Å². The maximum absolute atomic E-state index is 12.9. The number of hydrogen-bond acceptors (Lipinski definition) is 5. The van der Waals surface area contributed by atoms with Crippen LogP contribution < -0.4 is 10.3 Å². The minimum absolute atomic E-state index is 0.113. The summed E-state index contributed by atoms with van der Waals surface area (Å²) in [5.41, 5.74) is 1.28. The van der Waals surface area contributed by atoms with Crippen LogP contribution >= 0.6 is 15.9 Å². The molecule has 3 rings (SSSR count). The second-order valence-corrected chi connectivity index (χ2v) is 7.05. The van der Waals surface area contributed by atoms with Crippen molar-refractivity contribution in [3.63, 3.8) is 0 Å². The monoisotopic (exact) mass is 442 g/mol. The van der Waals surface area contributed by atoms with Crippen molar-refractivity contribution in [2.24, 2.45) is 7.05 Å². The molecule has 0 aliphatic carbocycles. The Hall–Kier alpha value is -2.93. The predicted molar refractivity (Wildman–Crippen MR) is 109 cm³/mol. The summed E-state index contributed by atoms with van der Waals surface area (Å²) in [6.07, 6.45) is 0.391. The molecule has 0 aliphatic heterocycles. The molecule has 0 aliphatic rings. The van der Waals surface area contributed by atoms with Gasteiger partial charge in [-0.25, -0.2) is 9.78 Å². The smallest absolute Gasteiger partial charge is 0.360 e. The van der Waals surface area contributed by atoms with E-state index in [1.165, 1.54) is 11.7 Å². The Balaban J connectivity index is 1.97. The summed E-state index contributed by atoms with van der Waals surface area (Å²) >= 11 is 3.39. The molecule has 1 heterocycles. The van der Waals surface area contributed by atoms with Gasteiger partial charge in [0, 0.05) is 17.9 Å². The Morgan fingerprint density at radius 1 is 1.07 bits per heavy atom. The zero-order valence-corrected chi connectivity index (χ0v) is 17.1. The molecule has 144 valence electrons. The largest absolute Gasteiger partial charge is 0.481 e. The number of halogens is 1. The fraction of sp³-hybridized carbons (Fsp3) is 0.190. The average molecular weight is 443 g/mol. The number of rotatable bonds is 6. The number of methoxy groups -OCH3 is 1. The molecule has 0 atom stereocenters. The summed E-state index contributed by atoms with van der Waals surface area (Å²) in [5, 5.41) is 0. The van der Waals surface area contributed by atoms with Gasteiger partial charge in [0.05, 0.1) is 7.11 Å². The normalized spacial score (nSPS) is 10.5. The molecule has 1 aromatic heterocycles. The van der Waals surface area contributed by atoms with Gasteiger partial charge < -0.3 is 9.47 Å². The van der Waals surface area contributed by atoms with Crippen molar-refractivity contribution in [1.82, 2.24) is 9.55 Å². The Kier molecular flexibility index (Phi) is 6.26. The van der Waals surface area contributed by atoms with Crippen molar-refractivity contribution < 1.29 is 14.3 Å². The van der Waals surface area contributed by atoms with Crippen molar-refractivity contribution >= 4 is 21.9 Å². The van der Waals surface area contributed by atoms with Gasteiger partial charge in [-0.15, -0.1) is 0 Å². The fourth-order valence-corrected chi connectivity index (χ4v) is 2.93. The van der Waals surface area contributed by atoms with E-state index in [0.717, 1.165) is 15.6 Å². The van der Waals surface area contributed by atoms with Gasteiger partial charge in [-0.3, -0.25) is 9.36 Å². The lowest BCUT2D eigenvalue weighted by Gasteiger charge is -2.14. The first-order valence-corrected chi connectivity index (χ1v) is 9.38. The summed E-state index contributed by atoms with van der Waals surface area (Å²) in [6.45, 7) is 0.147. The van der Waals surface area contributed by atoms with Crippen LogP contribution in [-0.2, 0) is 24.8 Å². The number of esters is 1. The highest BCUT2D eigenvalue weighted by molar-refractivity contribution is 9.10. The minimum atomic E-state index is -0.710. The summed E-state index contributed by atoms with van der Waals surface area (Å²) in [5.74, 6) is -0.379. The number of aromatic nitrogens is 2. The first-order valence-electron chi connectivity index (χ1n) is 8.59. The van der Waals surface area contributed by atoms with Gasteiger partial charge in [0.2, 0.25) is 5.75 Å². The van der Waals surface area contributed by atoms with Crippen LogP contribution in [0.5, 0.6) is 5.75 Å². The van der Waals surface area contributed by atoms with Crippen molar-refractivity contribution in [1.29, 1.82) is 0 Å². The van der Waals surface area contributed by atoms with Gasteiger partial charge in [-0.2, -0.15) is 0 Å². The number of ether oxygens (including phenoxy) is 2. The van der Waals surface area contributed by atoms with E-state index in [-0.39, 0.29) is 18.1 Å². The standard InChI is InChI=1S/C21H19BrN2O4/c1-24-17(12-14-8-10-16(22)11-9-14)23-18(21(26)27-2)19(20(24)25)28-13-15-6-4-3-5-7-15/h3-11H,12-13H2,1-2H3. The van der Waals surface area contributed by atoms with Gasteiger partial charge in [-0.1, -0.05) is 58.4 Å². The Labute approximate surface area is 170 Å². The molecule has 28 heavy (non-hydrogen) atoms. The number of hydrogen-bond donors (Lipinski definition) is 0. The minimum Gasteiger partial charge on any atom is -0.481 e. The maximum Gasteiger partial charge on any atom is 0.360 e. The van der Waals surface area contributed by atoms with Crippen LogP contribution in [0.15, 0.2) is 63.9 Å². The number of benzene rings is 2. The molecule has 0 saturated heterocycles. The van der Waals surface area contributed by atoms with Crippen LogP contribution in [0.4, 0.5) is 0 Å². The zero-order valence-electron chi connectivity index (χ0n) is 15.5. The summed E-state index contributed by atoms with van der Waals surface area (Å²) in [7, 11) is 2.86. The molecule has 0 N–H and O–H groups in total. The second-order valence-electron chi connectivity index (χ2n) is 6.14. The molecule has 6 nitrogen and oxygen atoms in total. The highest BCUT2D eigenvalue weighted by Crippen LogP contribution is 2.18. The molecule has 0 spiro atoms. The van der Waals surface area contributed by atoms with E-state index in [9.17, 15) is 9.59 Å². The SMILES string of the molecule is COC(=O)c1nc(Cc2ccc(Br)cc2)n(C)c(=O)c1OCc1ccccc1. The highest BCUT2D eigenvalue weighted by Gasteiger charge is 2.23. The third-order valence-electron chi connectivity index (χ3n) is 4.22. The summed E-state index contributed by atoms with van der Waals surface area (Å²) in [6, 6.07) is 17.0. The molecule has 2 aromatic carbocycles. The molecule has 7 heteroatoms. The van der Waals surface area contributed by atoms with Gasteiger partial charge in [0.25, 0.3) is 5.56 Å². The van der Waals surface area contributed by atoms with Crippen molar-refractivity contribution in [2.75, 3.05) is 7.11 Å². The third kappa shape index (κ3) is 4.48. The van der Waals surface area contributed by atoms with Crippen molar-refractivity contribution in [3.8, 4) is 5.75 Å². The van der Waals surface area contributed by atoms with E-state index in [1.807, 2.05) is 54.6 Å². The lowest BCUT2D eigenvalue weighted by Crippen LogP contribution is -2.28. The van der Waals surface area contributed by atoms with Crippen LogP contribution in [0.25, 0.3) is 0 Å². The zero-order chi connectivity index (χ0) is 20.1. The molecular formula is C21H19BrN2O4. The second kappa shape index (κ2) is 8.84. The first kappa shape index (κ1) is 19.8. The lowest BCUT2D eigenvalue weighted by molar-refractivity contribution is 0.0586. The van der Waals surface area contributed by atoms with Crippen LogP contribution in [0.2, 0.25) is 0 Å². The molecule has 3 aromatic rings. The number of carbonyl (C=O) groups is 1. The Morgan fingerprint density at radius 2 is 1.75 bits per heavy atom. The average Bonchev–Trinajstić information content (AvgIpc) is 2.72. The molecular weight excluding hydrogens is 424 g/mol. The Bertz CT molecular complexity index is 1030. The molecule has 0 bridgehead atoms. The Morgan fingerprint density at radius 3 is 2.39 bits per heavy atom. The van der Waals surface area contributed by atoms with E-state index in [1.54, 1.807) is 7.05 Å². The van der Waals surface area contributed by atoms with Crippen molar-refractivity contribution in [3.05, 3.63) is 92.1 Å². The number of nitrogens with zero attached hydrogens (tertiary/aromatic N) is 2. The van der Waals surface area contributed by atoms with E-state index in [4.69, 9.17) is 9.47 Å². The van der Waals surface area contributed by atoms with Crippen molar-refractivity contribution in [2.45, 2.75) is 13.0 Å². The first-order chi connectivity index (χ1) is 13.5. The van der Waals surface area contributed by atoms with E-state index in [0.29, 0.717) is 12.2 Å². The fourth-order valence-electron chi connectivity index (χ4n) is 2.66. The van der Waals surface area contributed by atoms with Gasteiger partial charge in [0.15, 0.2) is 5.69 Å². The highest BCUT2D eigenvalue weighted by atomic mass is 79.9. The van der Waals surface area contributed by atoms with Gasteiger partial charge >= 0.3 is 5.97 Å². The molecule has 0 radical (unpaired) electrons. The van der Waals surface area contributed by atoms with Gasteiger partial charge in [0.1, 0.15) is 12.4 Å². The topological polar surface area (TPSA) is 70.4 Å². The lowest BCUT2D eigenvalue weighted by atomic mass is 10.1. The van der Waals surface area contributed by atoms with E-state index < -0.39 is 11.5 Å². The van der Waals surface area contributed by atoms with Crippen LogP contribution in [0.1, 0.15) is 27.4 Å². The molecule has 0 amide bonds. The third-order valence-corrected chi connectivity index (χ3v) is 4.75. The van der Waals surface area contributed by atoms with E-state index >= 15 is 0 Å². The van der Waals surface area contributed by atoms with Crippen LogP contribution in [0.3, 0.4) is 0 Å². The molecule has 0 unspecified atom stereocenters. The summed E-state index contributed by atoms with van der Waals surface area (Å²) in [4.78, 5) is 29.5. The molecule has 0 saturated carbocycles. The quantitative estimate of drug-likeness (QED) is 0.546. The molecule has 0 fully saturated rings. The summed E-state index contributed by atoms with van der Waals surface area (Å²) < 4.78 is 12.8. The predicted octanol–water partition coefficient (Wildman–Crippen LogP) is 3.50. The van der Waals surface area contributed by atoms with Gasteiger partial charge in [-0.05, 0) is 23.3 Å². The van der Waals surface area contributed by atoms with Crippen LogP contribution in [-0.4, -0.2) is 22.6 Å². The van der Waals surface area contributed by atoms with E-state index in [2.05, 4.69) is 20.9 Å². The maximum atomic E-state index is 12.9. The number of carbonyl (C=O) groups excluding carboxylic acids is 1.